The fraction of sp³-hybridized carbons (Fsp3) is 0.458. The number of nitrogens with one attached hydrogen (secondary N) is 1. The maximum atomic E-state index is 12.9. The van der Waals surface area contributed by atoms with Gasteiger partial charge in [0.1, 0.15) is 5.76 Å². The summed E-state index contributed by atoms with van der Waals surface area (Å²) in [6.45, 7) is 2.39. The van der Waals surface area contributed by atoms with Gasteiger partial charge in [-0.2, -0.15) is 0 Å². The Kier molecular flexibility index (Phi) is 6.90. The zero-order valence-corrected chi connectivity index (χ0v) is 18.2. The number of primary amides is 1. The minimum Gasteiger partial charge on any atom is -0.468 e. The van der Waals surface area contributed by atoms with Gasteiger partial charge in [-0.15, -0.1) is 0 Å². The van der Waals surface area contributed by atoms with Crippen molar-refractivity contribution in [3.05, 3.63) is 59.5 Å². The summed E-state index contributed by atoms with van der Waals surface area (Å²) in [6.07, 6.45) is 4.96. The van der Waals surface area contributed by atoms with E-state index < -0.39 is 0 Å². The Morgan fingerprint density at radius 2 is 1.75 bits per heavy atom. The first-order valence-corrected chi connectivity index (χ1v) is 11.2. The highest BCUT2D eigenvalue weighted by atomic mass is 16.3. The highest BCUT2D eigenvalue weighted by molar-refractivity contribution is 5.94. The molecule has 0 unspecified atom stereocenters. The molecule has 1 aliphatic heterocycles. The smallest absolute Gasteiger partial charge is 0.251 e. The summed E-state index contributed by atoms with van der Waals surface area (Å²) < 4.78 is 5.49. The molecule has 0 atom stereocenters. The van der Waals surface area contributed by atoms with E-state index in [1.165, 1.54) is 0 Å². The summed E-state index contributed by atoms with van der Waals surface area (Å²) in [5.74, 6) is 0.339. The molecule has 32 heavy (non-hydrogen) atoms. The summed E-state index contributed by atoms with van der Waals surface area (Å²) in [7, 11) is 0. The topological polar surface area (TPSA) is 109 Å². The number of carbonyl (C=O) groups is 3. The van der Waals surface area contributed by atoms with Crippen molar-refractivity contribution in [1.82, 2.24) is 15.1 Å². The van der Waals surface area contributed by atoms with E-state index >= 15 is 0 Å². The van der Waals surface area contributed by atoms with Crippen LogP contribution in [0.5, 0.6) is 0 Å². The number of carbonyl (C=O) groups excluding carboxylic acids is 3. The zero-order chi connectivity index (χ0) is 22.5. The maximum Gasteiger partial charge on any atom is 0.251 e. The van der Waals surface area contributed by atoms with Gasteiger partial charge in [0.05, 0.1) is 19.4 Å². The summed E-state index contributed by atoms with van der Waals surface area (Å²) in [6, 6.07) is 11.6. The molecule has 2 heterocycles. The molecule has 1 aromatic heterocycles. The van der Waals surface area contributed by atoms with Gasteiger partial charge in [0.15, 0.2) is 0 Å². The Morgan fingerprint density at radius 1 is 1.03 bits per heavy atom. The maximum absolute atomic E-state index is 12.9. The normalized spacial score (nSPS) is 16.8. The lowest BCUT2D eigenvalue weighted by molar-refractivity contribution is -0.136. The molecular formula is C24H30N4O4. The Bertz CT molecular complexity index is 929. The van der Waals surface area contributed by atoms with Crippen LogP contribution in [0.15, 0.2) is 47.1 Å². The van der Waals surface area contributed by atoms with Gasteiger partial charge in [-0.05, 0) is 55.5 Å². The predicted octanol–water partition coefficient (Wildman–Crippen LogP) is 1.90. The highest BCUT2D eigenvalue weighted by Gasteiger charge is 2.27. The number of rotatable bonds is 9. The second-order valence-corrected chi connectivity index (χ2v) is 8.73. The third-order valence-electron chi connectivity index (χ3n) is 6.10. The molecule has 4 rings (SSSR count). The number of piperidine rings is 1. The van der Waals surface area contributed by atoms with E-state index in [4.69, 9.17) is 10.2 Å². The van der Waals surface area contributed by atoms with Crippen LogP contribution in [0.4, 0.5) is 0 Å². The Morgan fingerprint density at radius 3 is 2.34 bits per heavy atom. The Labute approximate surface area is 187 Å². The summed E-state index contributed by atoms with van der Waals surface area (Å²) in [5.41, 5.74) is 7.06. The van der Waals surface area contributed by atoms with Crippen molar-refractivity contribution in [2.24, 2.45) is 11.7 Å². The van der Waals surface area contributed by atoms with Gasteiger partial charge in [0.25, 0.3) is 5.91 Å². The van der Waals surface area contributed by atoms with Crippen molar-refractivity contribution in [3.8, 4) is 0 Å². The molecule has 0 radical (unpaired) electrons. The summed E-state index contributed by atoms with van der Waals surface area (Å²) >= 11 is 0. The van der Waals surface area contributed by atoms with Crippen molar-refractivity contribution < 1.29 is 18.8 Å². The van der Waals surface area contributed by atoms with Gasteiger partial charge in [0, 0.05) is 37.2 Å². The lowest BCUT2D eigenvalue weighted by Crippen LogP contribution is -2.45. The molecule has 170 valence electrons. The quantitative estimate of drug-likeness (QED) is 0.622. The standard InChI is InChI=1S/C24H30N4O4/c25-23(30)18-9-11-28(12-10-18)22(29)16-27(15-21-2-1-13-32-21)14-17-3-5-19(6-4-17)24(31)26-20-7-8-20/h1-6,13,18,20H,7-12,14-16H2,(H2,25,30)(H,26,31). The molecular weight excluding hydrogens is 408 g/mol. The van der Waals surface area contributed by atoms with Crippen LogP contribution in [0.25, 0.3) is 0 Å². The first kappa shape index (κ1) is 22.1. The van der Waals surface area contributed by atoms with Crippen molar-refractivity contribution >= 4 is 17.7 Å². The number of hydrogen-bond acceptors (Lipinski definition) is 5. The number of furan rings is 1. The van der Waals surface area contributed by atoms with E-state index in [1.54, 1.807) is 11.2 Å². The SMILES string of the molecule is NC(=O)C1CCN(C(=O)CN(Cc2ccc(C(=O)NC3CC3)cc2)Cc2ccco2)CC1. The monoisotopic (exact) mass is 438 g/mol. The third-order valence-corrected chi connectivity index (χ3v) is 6.10. The van der Waals surface area contributed by atoms with Crippen LogP contribution in [0, 0.1) is 5.92 Å². The molecule has 0 bridgehead atoms. The fourth-order valence-electron chi connectivity index (χ4n) is 4.01. The van der Waals surface area contributed by atoms with Gasteiger partial charge >= 0.3 is 0 Å². The molecule has 0 spiro atoms. The van der Waals surface area contributed by atoms with Crippen molar-refractivity contribution in [3.63, 3.8) is 0 Å². The molecule has 8 nitrogen and oxygen atoms in total. The summed E-state index contributed by atoms with van der Waals surface area (Å²) in [5, 5.41) is 2.99. The summed E-state index contributed by atoms with van der Waals surface area (Å²) in [4.78, 5) is 40.4. The van der Waals surface area contributed by atoms with Crippen LogP contribution >= 0.6 is 0 Å². The number of benzene rings is 1. The largest absolute Gasteiger partial charge is 0.468 e. The molecule has 1 saturated heterocycles. The molecule has 3 amide bonds. The number of nitrogens with two attached hydrogens (primary N) is 1. The van der Waals surface area contributed by atoms with Crippen molar-refractivity contribution in [1.29, 1.82) is 0 Å². The number of amides is 3. The second kappa shape index (κ2) is 9.99. The second-order valence-electron chi connectivity index (χ2n) is 8.73. The Hall–Kier alpha value is -3.13. The average Bonchev–Trinajstić information content (AvgIpc) is 3.46. The van der Waals surface area contributed by atoms with E-state index in [-0.39, 0.29) is 30.2 Å². The minimum atomic E-state index is -0.286. The molecule has 2 aromatic rings. The fourth-order valence-corrected chi connectivity index (χ4v) is 4.01. The van der Waals surface area contributed by atoms with Crippen LogP contribution in [0.1, 0.15) is 47.4 Å². The first-order chi connectivity index (χ1) is 15.5. The van der Waals surface area contributed by atoms with Gasteiger partial charge in [-0.25, -0.2) is 0 Å². The highest BCUT2D eigenvalue weighted by Crippen LogP contribution is 2.20. The van der Waals surface area contributed by atoms with E-state index in [2.05, 4.69) is 5.32 Å². The average molecular weight is 439 g/mol. The lowest BCUT2D eigenvalue weighted by atomic mass is 9.96. The third kappa shape index (κ3) is 5.97. The molecule has 3 N–H and O–H groups in total. The van der Waals surface area contributed by atoms with E-state index in [1.807, 2.05) is 41.3 Å². The number of likely N-dealkylation sites (tertiary alicyclic amines) is 1. The number of hydrogen-bond donors (Lipinski definition) is 2. The van der Waals surface area contributed by atoms with Crippen LogP contribution in [-0.2, 0) is 22.7 Å². The molecule has 2 aliphatic rings. The minimum absolute atomic E-state index is 0.0277. The van der Waals surface area contributed by atoms with E-state index in [0.717, 1.165) is 24.2 Å². The van der Waals surface area contributed by atoms with Gasteiger partial charge in [-0.3, -0.25) is 19.3 Å². The van der Waals surface area contributed by atoms with Gasteiger partial charge in [0.2, 0.25) is 11.8 Å². The van der Waals surface area contributed by atoms with Crippen molar-refractivity contribution in [2.75, 3.05) is 19.6 Å². The van der Waals surface area contributed by atoms with Crippen LogP contribution in [0.3, 0.4) is 0 Å². The number of nitrogens with zero attached hydrogens (tertiary/aromatic N) is 2. The molecule has 8 heteroatoms. The van der Waals surface area contributed by atoms with Crippen molar-refractivity contribution in [2.45, 2.75) is 44.8 Å². The zero-order valence-electron chi connectivity index (χ0n) is 18.2. The van der Waals surface area contributed by atoms with E-state index in [0.29, 0.717) is 50.6 Å². The molecule has 2 fully saturated rings. The predicted molar refractivity (Wildman–Crippen MR) is 118 cm³/mol. The van der Waals surface area contributed by atoms with Gasteiger partial charge in [-0.1, -0.05) is 12.1 Å². The lowest BCUT2D eigenvalue weighted by Gasteiger charge is -2.32. The van der Waals surface area contributed by atoms with Crippen LogP contribution in [-0.4, -0.2) is 53.2 Å². The molecule has 1 saturated carbocycles. The molecule has 1 aliphatic carbocycles. The Balaban J connectivity index is 1.37. The van der Waals surface area contributed by atoms with Crippen LogP contribution in [0.2, 0.25) is 0 Å². The molecule has 1 aromatic carbocycles. The first-order valence-electron chi connectivity index (χ1n) is 11.2. The van der Waals surface area contributed by atoms with Crippen LogP contribution < -0.4 is 11.1 Å². The van der Waals surface area contributed by atoms with Gasteiger partial charge < -0.3 is 20.4 Å². The van der Waals surface area contributed by atoms with E-state index in [9.17, 15) is 14.4 Å².